The molecule has 0 saturated carbocycles. The molecule has 0 heterocycles. The maximum Gasteiger partial charge on any atom is 0.216 e. The largest absolute Gasteiger partial charge is 0.325 e. The van der Waals surface area contributed by atoms with Gasteiger partial charge in [-0.1, -0.05) is 0 Å². The standard InChI is InChI=1S/C6H12N2/c1-6(2,7)4-5-8-3/h4-5,7H2,1-2H3. The van der Waals surface area contributed by atoms with Crippen molar-refractivity contribution in [3.8, 4) is 0 Å². The van der Waals surface area contributed by atoms with Crippen LogP contribution in [0.2, 0.25) is 0 Å². The molecule has 0 spiro atoms. The SMILES string of the molecule is [C-]#[N+]CCC(C)(C)N. The normalized spacial score (nSPS) is 10.8. The minimum atomic E-state index is -0.162. The Morgan fingerprint density at radius 3 is 2.25 bits per heavy atom. The lowest BCUT2D eigenvalue weighted by atomic mass is 10.0. The van der Waals surface area contributed by atoms with Gasteiger partial charge in [0.05, 0.1) is 0 Å². The van der Waals surface area contributed by atoms with Crippen molar-refractivity contribution < 1.29 is 0 Å². The number of nitrogens with zero attached hydrogens (tertiary/aromatic N) is 1. The van der Waals surface area contributed by atoms with E-state index in [1.54, 1.807) is 0 Å². The van der Waals surface area contributed by atoms with Crippen LogP contribution in [-0.4, -0.2) is 12.1 Å². The molecule has 0 amide bonds. The highest BCUT2D eigenvalue weighted by molar-refractivity contribution is 4.75. The molecule has 2 N–H and O–H groups in total. The van der Waals surface area contributed by atoms with Gasteiger partial charge >= 0.3 is 0 Å². The van der Waals surface area contributed by atoms with E-state index in [1.807, 2.05) is 13.8 Å². The molecule has 8 heavy (non-hydrogen) atoms. The molecule has 0 aliphatic heterocycles. The van der Waals surface area contributed by atoms with Crippen molar-refractivity contribution in [3.63, 3.8) is 0 Å². The van der Waals surface area contributed by atoms with Crippen molar-refractivity contribution in [2.24, 2.45) is 5.73 Å². The first-order valence-corrected chi connectivity index (χ1v) is 2.68. The van der Waals surface area contributed by atoms with E-state index in [-0.39, 0.29) is 5.54 Å². The van der Waals surface area contributed by atoms with E-state index in [0.717, 1.165) is 6.42 Å². The van der Waals surface area contributed by atoms with E-state index < -0.39 is 0 Å². The maximum absolute atomic E-state index is 6.45. The van der Waals surface area contributed by atoms with E-state index in [0.29, 0.717) is 6.54 Å². The van der Waals surface area contributed by atoms with Gasteiger partial charge in [-0.25, -0.2) is 6.57 Å². The number of nitrogens with two attached hydrogens (primary N) is 1. The molecule has 0 saturated heterocycles. The van der Waals surface area contributed by atoms with E-state index in [2.05, 4.69) is 4.85 Å². The van der Waals surface area contributed by atoms with Crippen LogP contribution in [0.4, 0.5) is 0 Å². The van der Waals surface area contributed by atoms with Gasteiger partial charge in [0.15, 0.2) is 0 Å². The van der Waals surface area contributed by atoms with Crippen molar-refractivity contribution >= 4 is 0 Å². The summed E-state index contributed by atoms with van der Waals surface area (Å²) in [5, 5.41) is 0. The van der Waals surface area contributed by atoms with Crippen LogP contribution in [0.3, 0.4) is 0 Å². The first kappa shape index (κ1) is 7.45. The Bertz CT molecular complexity index is 94.1. The fourth-order valence-corrected chi connectivity index (χ4v) is 0.344. The number of hydrogen-bond donors (Lipinski definition) is 1. The highest BCUT2D eigenvalue weighted by Gasteiger charge is 2.10. The summed E-state index contributed by atoms with van der Waals surface area (Å²) in [4.78, 5) is 3.19. The molecule has 0 unspecified atom stereocenters. The Morgan fingerprint density at radius 2 is 2.12 bits per heavy atom. The summed E-state index contributed by atoms with van der Waals surface area (Å²) in [6, 6.07) is 0. The average Bonchev–Trinajstić information content (AvgIpc) is 1.59. The summed E-state index contributed by atoms with van der Waals surface area (Å²) >= 11 is 0. The average molecular weight is 112 g/mol. The first-order valence-electron chi connectivity index (χ1n) is 2.68. The smallest absolute Gasteiger partial charge is 0.216 e. The molecule has 2 nitrogen and oxygen atoms in total. The molecule has 0 aromatic rings. The third-order valence-electron chi connectivity index (χ3n) is 0.868. The van der Waals surface area contributed by atoms with Crippen molar-refractivity contribution in [1.29, 1.82) is 0 Å². The van der Waals surface area contributed by atoms with Gasteiger partial charge in [-0.2, -0.15) is 0 Å². The molecule has 0 bridgehead atoms. The van der Waals surface area contributed by atoms with Crippen LogP contribution in [0.5, 0.6) is 0 Å². The zero-order chi connectivity index (χ0) is 6.62. The summed E-state index contributed by atoms with van der Waals surface area (Å²) < 4.78 is 0. The second kappa shape index (κ2) is 2.68. The predicted molar refractivity (Wildman–Crippen MR) is 34.4 cm³/mol. The van der Waals surface area contributed by atoms with Gasteiger partial charge in [-0.15, -0.1) is 0 Å². The molecular formula is C6H12N2. The van der Waals surface area contributed by atoms with E-state index >= 15 is 0 Å². The quantitative estimate of drug-likeness (QED) is 0.531. The number of rotatable bonds is 2. The van der Waals surface area contributed by atoms with Gasteiger partial charge < -0.3 is 10.6 Å². The molecule has 0 aliphatic carbocycles. The summed E-state index contributed by atoms with van der Waals surface area (Å²) in [5.74, 6) is 0. The Morgan fingerprint density at radius 1 is 1.62 bits per heavy atom. The van der Waals surface area contributed by atoms with Crippen LogP contribution in [-0.2, 0) is 0 Å². The highest BCUT2D eigenvalue weighted by atomic mass is 14.7. The monoisotopic (exact) mass is 112 g/mol. The minimum Gasteiger partial charge on any atom is -0.325 e. The lowest BCUT2D eigenvalue weighted by Gasteiger charge is -2.13. The third-order valence-corrected chi connectivity index (χ3v) is 0.868. The van der Waals surface area contributed by atoms with Crippen molar-refractivity contribution in [2.45, 2.75) is 25.8 Å². The first-order chi connectivity index (χ1) is 3.56. The van der Waals surface area contributed by atoms with E-state index in [9.17, 15) is 0 Å². The van der Waals surface area contributed by atoms with Crippen LogP contribution < -0.4 is 5.73 Å². The predicted octanol–water partition coefficient (Wildman–Crippen LogP) is 1.03. The van der Waals surface area contributed by atoms with Gasteiger partial charge in [0.2, 0.25) is 6.54 Å². The summed E-state index contributed by atoms with van der Waals surface area (Å²) in [5.41, 5.74) is 5.42. The lowest BCUT2D eigenvalue weighted by molar-refractivity contribution is 0.496. The Hall–Kier alpha value is -0.550. The zero-order valence-corrected chi connectivity index (χ0v) is 5.44. The Kier molecular flexibility index (Phi) is 2.50. The van der Waals surface area contributed by atoms with Gasteiger partial charge in [0.25, 0.3) is 0 Å². The van der Waals surface area contributed by atoms with E-state index in [1.165, 1.54) is 0 Å². The van der Waals surface area contributed by atoms with Crippen LogP contribution in [0.25, 0.3) is 4.85 Å². The second-order valence-electron chi connectivity index (χ2n) is 2.62. The molecule has 0 fully saturated rings. The molecule has 2 heteroatoms. The summed E-state index contributed by atoms with van der Waals surface area (Å²) in [6.45, 7) is 10.9. The van der Waals surface area contributed by atoms with E-state index in [4.69, 9.17) is 12.3 Å². The van der Waals surface area contributed by atoms with Crippen LogP contribution in [0.1, 0.15) is 20.3 Å². The fraction of sp³-hybridized carbons (Fsp3) is 0.833. The van der Waals surface area contributed by atoms with Gasteiger partial charge in [-0.05, 0) is 13.8 Å². The van der Waals surface area contributed by atoms with Crippen LogP contribution in [0.15, 0.2) is 0 Å². The zero-order valence-electron chi connectivity index (χ0n) is 5.44. The summed E-state index contributed by atoms with van der Waals surface area (Å²) in [7, 11) is 0. The molecule has 0 aromatic heterocycles. The van der Waals surface area contributed by atoms with Crippen molar-refractivity contribution in [3.05, 3.63) is 11.4 Å². The summed E-state index contributed by atoms with van der Waals surface area (Å²) in [6.07, 6.45) is 0.788. The Labute approximate surface area is 50.5 Å². The van der Waals surface area contributed by atoms with Crippen molar-refractivity contribution in [2.75, 3.05) is 6.54 Å². The maximum atomic E-state index is 6.45. The van der Waals surface area contributed by atoms with Gasteiger partial charge in [0.1, 0.15) is 0 Å². The van der Waals surface area contributed by atoms with Gasteiger partial charge in [-0.3, -0.25) is 0 Å². The molecule has 0 rings (SSSR count). The molecule has 46 valence electrons. The lowest BCUT2D eigenvalue weighted by Crippen LogP contribution is -2.32. The number of hydrogen-bond acceptors (Lipinski definition) is 1. The molecule has 0 radical (unpaired) electrons. The van der Waals surface area contributed by atoms with Gasteiger partial charge in [0, 0.05) is 12.0 Å². The topological polar surface area (TPSA) is 30.4 Å². The molecule has 0 aromatic carbocycles. The minimum absolute atomic E-state index is 0.162. The molecular weight excluding hydrogens is 100 g/mol. The van der Waals surface area contributed by atoms with Crippen LogP contribution in [0, 0.1) is 6.57 Å². The molecule has 0 atom stereocenters. The highest BCUT2D eigenvalue weighted by Crippen LogP contribution is 2.01. The Balaban J connectivity index is 3.28. The van der Waals surface area contributed by atoms with Crippen LogP contribution >= 0.6 is 0 Å². The second-order valence-corrected chi connectivity index (χ2v) is 2.62. The molecule has 0 aliphatic rings. The fourth-order valence-electron chi connectivity index (χ4n) is 0.344. The van der Waals surface area contributed by atoms with Crippen molar-refractivity contribution in [1.82, 2.24) is 0 Å². The third kappa shape index (κ3) is 5.45.